The number of carbonyl (C=O) groups is 1. The van der Waals surface area contributed by atoms with Crippen LogP contribution >= 0.6 is 11.3 Å². The average molecular weight is 695 g/mol. The van der Waals surface area contributed by atoms with Gasteiger partial charge in [0.1, 0.15) is 28.2 Å². The Bertz CT molecular complexity index is 2110. The van der Waals surface area contributed by atoms with Gasteiger partial charge in [-0.2, -0.15) is 23.4 Å². The molecule has 4 fully saturated rings. The number of likely N-dealkylation sites (N-methyl/N-ethyl adjacent to an activating group) is 1. The SMILES string of the molecule is C=CC(=O)N1CCC(N(C)c2nc(N3CC(N4CC5(CC5)C4)C3)nc3c(F)c(-c4ccc(F)c5sc(N)c(C#N)c45)c(C(F)(F)F)cc23)C1. The van der Waals surface area contributed by atoms with Crippen LogP contribution < -0.4 is 15.5 Å². The molecule has 3 saturated heterocycles. The molecule has 1 atom stereocenters. The maximum absolute atomic E-state index is 17.1. The second-order valence-corrected chi connectivity index (χ2v) is 14.7. The van der Waals surface area contributed by atoms with Crippen molar-refractivity contribution in [2.75, 3.05) is 61.8 Å². The van der Waals surface area contributed by atoms with Gasteiger partial charge in [0.15, 0.2) is 5.82 Å². The number of hydrogen-bond acceptors (Lipinski definition) is 9. The predicted molar refractivity (Wildman–Crippen MR) is 177 cm³/mol. The van der Waals surface area contributed by atoms with Crippen LogP contribution in [0.3, 0.4) is 0 Å². The monoisotopic (exact) mass is 694 g/mol. The fourth-order valence-corrected chi connectivity index (χ4v) is 8.53. The van der Waals surface area contributed by atoms with Crippen LogP contribution in [0.25, 0.3) is 32.1 Å². The Labute approximate surface area is 282 Å². The largest absolute Gasteiger partial charge is 0.417 e. The van der Waals surface area contributed by atoms with Crippen molar-refractivity contribution in [2.45, 2.75) is 37.5 Å². The molecule has 2 aromatic heterocycles. The van der Waals surface area contributed by atoms with E-state index in [0.29, 0.717) is 42.8 Å². The van der Waals surface area contributed by atoms with E-state index in [4.69, 9.17) is 10.7 Å². The third-order valence-electron chi connectivity index (χ3n) is 10.6. The van der Waals surface area contributed by atoms with Gasteiger partial charge < -0.3 is 20.4 Å². The Kier molecular flexibility index (Phi) is 7.10. The van der Waals surface area contributed by atoms with E-state index in [9.17, 15) is 27.6 Å². The number of halogens is 5. The number of nitrogens with zero attached hydrogens (tertiary/aromatic N) is 7. The Morgan fingerprint density at radius 3 is 2.59 bits per heavy atom. The second kappa shape index (κ2) is 11.0. The standard InChI is InChI=1S/C34H31F5N8OS/c1-3-24(48)45-9-6-17(12-45)44(2)31-20-10-22(34(37,38)39)26(19-4-5-23(35)29-25(19)21(11-40)30(41)49-29)27(36)28(20)42-32(43-31)46-13-18(14-46)47-15-33(16-47)7-8-33/h3-5,10,17-18H,1,6-9,12-16,41H2,2H3. The van der Waals surface area contributed by atoms with Gasteiger partial charge in [0.25, 0.3) is 0 Å². The summed E-state index contributed by atoms with van der Waals surface area (Å²) in [5.41, 5.74) is 3.39. The summed E-state index contributed by atoms with van der Waals surface area (Å²) < 4.78 is 76.7. The molecule has 2 aromatic carbocycles. The molecule has 2 N–H and O–H groups in total. The molecule has 1 aliphatic carbocycles. The molecule has 49 heavy (non-hydrogen) atoms. The minimum absolute atomic E-state index is 0.0881. The normalized spacial score (nSPS) is 20.5. The summed E-state index contributed by atoms with van der Waals surface area (Å²) in [6.45, 7) is 7.50. The van der Waals surface area contributed by atoms with Crippen molar-refractivity contribution in [2.24, 2.45) is 5.41 Å². The average Bonchev–Trinajstić information content (AvgIpc) is 3.53. The molecule has 254 valence electrons. The number of thiophene rings is 1. The van der Waals surface area contributed by atoms with E-state index >= 15 is 4.39 Å². The summed E-state index contributed by atoms with van der Waals surface area (Å²) >= 11 is 0.715. The van der Waals surface area contributed by atoms with Crippen molar-refractivity contribution in [3.05, 3.63) is 53.6 Å². The number of amides is 1. The van der Waals surface area contributed by atoms with Crippen LogP contribution in [0.2, 0.25) is 0 Å². The van der Waals surface area contributed by atoms with Crippen molar-refractivity contribution >= 4 is 55.0 Å². The molecule has 8 rings (SSSR count). The molecule has 5 heterocycles. The highest BCUT2D eigenvalue weighted by Crippen LogP contribution is 2.54. The summed E-state index contributed by atoms with van der Waals surface area (Å²) in [4.78, 5) is 29.2. The lowest BCUT2D eigenvalue weighted by atomic mass is 9.92. The number of rotatable bonds is 6. The van der Waals surface area contributed by atoms with E-state index in [-0.39, 0.29) is 73.4 Å². The molecular weight excluding hydrogens is 663 g/mol. The zero-order valence-electron chi connectivity index (χ0n) is 26.4. The highest BCUT2D eigenvalue weighted by atomic mass is 32.1. The van der Waals surface area contributed by atoms with Crippen LogP contribution in [-0.2, 0) is 11.0 Å². The Morgan fingerprint density at radius 2 is 1.94 bits per heavy atom. The molecule has 3 aliphatic heterocycles. The summed E-state index contributed by atoms with van der Waals surface area (Å²) in [6, 6.07) is 4.62. The van der Waals surface area contributed by atoms with Crippen LogP contribution in [0.1, 0.15) is 30.4 Å². The Hall–Kier alpha value is -4.55. The highest BCUT2D eigenvalue weighted by molar-refractivity contribution is 7.23. The van der Waals surface area contributed by atoms with E-state index < -0.39 is 28.9 Å². The molecular formula is C34H31F5N8OS. The number of nitriles is 1. The van der Waals surface area contributed by atoms with Gasteiger partial charge in [0.05, 0.1) is 15.8 Å². The van der Waals surface area contributed by atoms with Gasteiger partial charge in [-0.05, 0) is 48.4 Å². The minimum atomic E-state index is -5.06. The van der Waals surface area contributed by atoms with Gasteiger partial charge in [-0.1, -0.05) is 12.6 Å². The van der Waals surface area contributed by atoms with E-state index in [0.717, 1.165) is 31.3 Å². The lowest BCUT2D eigenvalue weighted by Crippen LogP contribution is -2.66. The first-order valence-corrected chi connectivity index (χ1v) is 16.8. The number of benzene rings is 2. The van der Waals surface area contributed by atoms with Crippen LogP contribution in [0.4, 0.5) is 38.7 Å². The number of aromatic nitrogens is 2. The molecule has 4 aliphatic rings. The molecule has 4 aromatic rings. The van der Waals surface area contributed by atoms with Crippen molar-refractivity contribution in [1.29, 1.82) is 5.26 Å². The summed E-state index contributed by atoms with van der Waals surface area (Å²) in [7, 11) is 1.67. The van der Waals surface area contributed by atoms with Crippen LogP contribution in [0.5, 0.6) is 0 Å². The van der Waals surface area contributed by atoms with Gasteiger partial charge in [0, 0.05) is 74.7 Å². The van der Waals surface area contributed by atoms with Gasteiger partial charge in [-0.3, -0.25) is 9.69 Å². The molecule has 9 nitrogen and oxygen atoms in total. The topological polar surface area (TPSA) is 106 Å². The number of nitrogens with two attached hydrogens (primary N) is 1. The zero-order valence-corrected chi connectivity index (χ0v) is 27.3. The zero-order chi connectivity index (χ0) is 34.6. The van der Waals surface area contributed by atoms with Gasteiger partial charge >= 0.3 is 6.18 Å². The fourth-order valence-electron chi connectivity index (χ4n) is 7.58. The molecule has 1 unspecified atom stereocenters. The molecule has 0 radical (unpaired) electrons. The van der Waals surface area contributed by atoms with E-state index in [2.05, 4.69) is 16.5 Å². The molecule has 15 heteroatoms. The molecule has 1 amide bonds. The second-order valence-electron chi connectivity index (χ2n) is 13.6. The first-order valence-electron chi connectivity index (χ1n) is 16.0. The summed E-state index contributed by atoms with van der Waals surface area (Å²) in [5, 5.41) is 9.39. The van der Waals surface area contributed by atoms with Gasteiger partial charge in [-0.15, -0.1) is 11.3 Å². The smallest absolute Gasteiger partial charge is 0.389 e. The molecule has 1 saturated carbocycles. The quantitative estimate of drug-likeness (QED) is 0.201. The Morgan fingerprint density at radius 1 is 1.20 bits per heavy atom. The van der Waals surface area contributed by atoms with E-state index in [1.54, 1.807) is 16.8 Å². The lowest BCUT2D eigenvalue weighted by Gasteiger charge is -2.52. The maximum Gasteiger partial charge on any atom is 0.417 e. The van der Waals surface area contributed by atoms with E-state index in [1.807, 2.05) is 11.0 Å². The number of alkyl halides is 3. The number of nitrogen functional groups attached to an aromatic ring is 1. The molecule has 0 bridgehead atoms. The molecule has 1 spiro atoms. The van der Waals surface area contributed by atoms with Crippen molar-refractivity contribution < 1.29 is 26.7 Å². The van der Waals surface area contributed by atoms with Crippen LogP contribution in [-0.4, -0.2) is 84.1 Å². The first-order chi connectivity index (χ1) is 23.3. The Balaban J connectivity index is 1.30. The summed E-state index contributed by atoms with van der Waals surface area (Å²) in [6.07, 6.45) is -0.848. The highest BCUT2D eigenvalue weighted by Gasteiger charge is 2.55. The number of carbonyl (C=O) groups excluding carboxylic acids is 1. The predicted octanol–water partition coefficient (Wildman–Crippen LogP) is 5.77. The first kappa shape index (κ1) is 31.7. The number of fused-ring (bicyclic) bond motifs is 2. The summed E-state index contributed by atoms with van der Waals surface area (Å²) in [5.74, 6) is -2.05. The fraction of sp³-hybridized carbons (Fsp3) is 0.412. The van der Waals surface area contributed by atoms with E-state index in [1.165, 1.54) is 18.9 Å². The van der Waals surface area contributed by atoms with Crippen molar-refractivity contribution in [3.63, 3.8) is 0 Å². The third kappa shape index (κ3) is 4.98. The van der Waals surface area contributed by atoms with Gasteiger partial charge in [-0.25, -0.2) is 13.8 Å². The number of likely N-dealkylation sites (tertiary alicyclic amines) is 2. The van der Waals surface area contributed by atoms with Crippen LogP contribution in [0, 0.1) is 28.4 Å². The maximum atomic E-state index is 17.1. The number of anilines is 3. The minimum Gasteiger partial charge on any atom is -0.389 e. The third-order valence-corrected chi connectivity index (χ3v) is 11.7. The van der Waals surface area contributed by atoms with Gasteiger partial charge in [0.2, 0.25) is 11.9 Å². The van der Waals surface area contributed by atoms with Crippen LogP contribution in [0.15, 0.2) is 30.9 Å². The van der Waals surface area contributed by atoms with Crippen molar-refractivity contribution in [3.8, 4) is 17.2 Å². The lowest BCUT2D eigenvalue weighted by molar-refractivity contribution is -0.137. The van der Waals surface area contributed by atoms with Crippen molar-refractivity contribution in [1.82, 2.24) is 19.8 Å². The number of hydrogen-bond donors (Lipinski definition) is 1.